The zero-order valence-corrected chi connectivity index (χ0v) is 10.0. The molecule has 15 heavy (non-hydrogen) atoms. The van der Waals surface area contributed by atoms with Gasteiger partial charge in [-0.25, -0.2) is 0 Å². The number of allylic oxidation sites excluding steroid dienone is 1. The van der Waals surface area contributed by atoms with Crippen LogP contribution in [0, 0.1) is 11.3 Å². The van der Waals surface area contributed by atoms with Crippen LogP contribution in [-0.4, -0.2) is 12.7 Å². The van der Waals surface area contributed by atoms with Gasteiger partial charge in [0.05, 0.1) is 12.7 Å². The highest BCUT2D eigenvalue weighted by atomic mass is 16.5. The standard InChI is InChI=1S/C14H22O/c1-14(2)8-3-4-10-11-7-9-15-13(11)6-5-12(10)14/h12-13H,3-9H2,1-2H3. The minimum absolute atomic E-state index is 0.519. The van der Waals surface area contributed by atoms with Gasteiger partial charge in [-0.3, -0.25) is 0 Å². The molecule has 0 spiro atoms. The van der Waals surface area contributed by atoms with Crippen LogP contribution in [0.3, 0.4) is 0 Å². The summed E-state index contributed by atoms with van der Waals surface area (Å²) < 4.78 is 5.82. The lowest BCUT2D eigenvalue weighted by molar-refractivity contribution is 0.0855. The number of fused-ring (bicyclic) bond motifs is 2. The van der Waals surface area contributed by atoms with E-state index in [1.807, 2.05) is 0 Å². The summed E-state index contributed by atoms with van der Waals surface area (Å²) in [4.78, 5) is 0. The first-order chi connectivity index (χ1) is 7.18. The molecule has 1 saturated heterocycles. The Morgan fingerprint density at radius 2 is 2.00 bits per heavy atom. The summed E-state index contributed by atoms with van der Waals surface area (Å²) >= 11 is 0. The predicted molar refractivity (Wildman–Crippen MR) is 61.7 cm³/mol. The van der Waals surface area contributed by atoms with E-state index >= 15 is 0 Å². The van der Waals surface area contributed by atoms with Crippen molar-refractivity contribution in [3.8, 4) is 0 Å². The second-order valence-electron chi connectivity index (χ2n) is 6.13. The van der Waals surface area contributed by atoms with Gasteiger partial charge in [-0.15, -0.1) is 0 Å². The summed E-state index contributed by atoms with van der Waals surface area (Å²) in [6, 6.07) is 0. The van der Waals surface area contributed by atoms with Crippen molar-refractivity contribution in [3.63, 3.8) is 0 Å². The topological polar surface area (TPSA) is 9.23 Å². The second kappa shape index (κ2) is 3.35. The lowest BCUT2D eigenvalue weighted by Crippen LogP contribution is -2.35. The van der Waals surface area contributed by atoms with Gasteiger partial charge < -0.3 is 4.74 Å². The fourth-order valence-corrected chi connectivity index (χ4v) is 4.02. The Morgan fingerprint density at radius 3 is 2.87 bits per heavy atom. The van der Waals surface area contributed by atoms with E-state index in [2.05, 4.69) is 13.8 Å². The van der Waals surface area contributed by atoms with Gasteiger partial charge >= 0.3 is 0 Å². The largest absolute Gasteiger partial charge is 0.374 e. The molecular formula is C14H22O. The van der Waals surface area contributed by atoms with E-state index in [-0.39, 0.29) is 0 Å². The van der Waals surface area contributed by atoms with Crippen molar-refractivity contribution in [1.29, 1.82) is 0 Å². The molecule has 1 nitrogen and oxygen atoms in total. The Kier molecular flexibility index (Phi) is 2.21. The Balaban J connectivity index is 1.99. The highest BCUT2D eigenvalue weighted by Gasteiger charge is 2.41. The molecule has 0 aromatic heterocycles. The quantitative estimate of drug-likeness (QED) is 0.549. The van der Waals surface area contributed by atoms with Crippen LogP contribution in [0.4, 0.5) is 0 Å². The van der Waals surface area contributed by atoms with Gasteiger partial charge in [-0.2, -0.15) is 0 Å². The molecule has 0 bridgehead atoms. The van der Waals surface area contributed by atoms with Crippen molar-refractivity contribution in [2.24, 2.45) is 11.3 Å². The molecule has 0 N–H and O–H groups in total. The third kappa shape index (κ3) is 1.47. The van der Waals surface area contributed by atoms with Crippen molar-refractivity contribution >= 4 is 0 Å². The molecule has 3 rings (SSSR count). The Labute approximate surface area is 92.9 Å². The molecular weight excluding hydrogens is 184 g/mol. The van der Waals surface area contributed by atoms with E-state index in [0.29, 0.717) is 11.5 Å². The van der Waals surface area contributed by atoms with Gasteiger partial charge in [0, 0.05) is 0 Å². The van der Waals surface area contributed by atoms with E-state index < -0.39 is 0 Å². The third-order valence-corrected chi connectivity index (χ3v) is 4.84. The molecule has 1 heterocycles. The average molecular weight is 206 g/mol. The smallest absolute Gasteiger partial charge is 0.0788 e. The third-order valence-electron chi connectivity index (χ3n) is 4.84. The van der Waals surface area contributed by atoms with Gasteiger partial charge in [0.1, 0.15) is 0 Å². The van der Waals surface area contributed by atoms with Gasteiger partial charge in [-0.1, -0.05) is 19.4 Å². The van der Waals surface area contributed by atoms with Gasteiger partial charge in [0.15, 0.2) is 0 Å². The van der Waals surface area contributed by atoms with E-state index in [1.165, 1.54) is 38.5 Å². The number of hydrogen-bond acceptors (Lipinski definition) is 1. The summed E-state index contributed by atoms with van der Waals surface area (Å²) in [5.41, 5.74) is 4.06. The Bertz CT molecular complexity index is 300. The Hall–Kier alpha value is -0.300. The number of rotatable bonds is 0. The lowest BCUT2D eigenvalue weighted by Gasteiger charge is -2.44. The first kappa shape index (κ1) is 9.89. The van der Waals surface area contributed by atoms with Crippen molar-refractivity contribution < 1.29 is 4.74 Å². The van der Waals surface area contributed by atoms with Crippen molar-refractivity contribution in [3.05, 3.63) is 11.1 Å². The highest BCUT2D eigenvalue weighted by Crippen LogP contribution is 2.51. The molecule has 84 valence electrons. The second-order valence-corrected chi connectivity index (χ2v) is 6.13. The maximum atomic E-state index is 5.82. The van der Waals surface area contributed by atoms with Crippen LogP contribution < -0.4 is 0 Å². The molecule has 2 unspecified atom stereocenters. The van der Waals surface area contributed by atoms with Crippen LogP contribution in [0.1, 0.15) is 52.4 Å². The Morgan fingerprint density at radius 1 is 1.13 bits per heavy atom. The van der Waals surface area contributed by atoms with E-state index in [4.69, 9.17) is 4.74 Å². The normalized spacial score (nSPS) is 38.8. The van der Waals surface area contributed by atoms with E-state index in [0.717, 1.165) is 12.5 Å². The molecule has 1 saturated carbocycles. The van der Waals surface area contributed by atoms with Crippen molar-refractivity contribution in [2.75, 3.05) is 6.61 Å². The maximum absolute atomic E-state index is 5.82. The molecule has 3 aliphatic rings. The fourth-order valence-electron chi connectivity index (χ4n) is 4.02. The summed E-state index contributed by atoms with van der Waals surface area (Å²) in [6.45, 7) is 5.91. The zero-order valence-electron chi connectivity index (χ0n) is 10.0. The number of hydrogen-bond donors (Lipinski definition) is 0. The average Bonchev–Trinajstić information content (AvgIpc) is 2.65. The van der Waals surface area contributed by atoms with Crippen LogP contribution in [0.2, 0.25) is 0 Å². The van der Waals surface area contributed by atoms with Crippen molar-refractivity contribution in [2.45, 2.75) is 58.5 Å². The highest BCUT2D eigenvalue weighted by molar-refractivity contribution is 5.29. The summed E-state index contributed by atoms with van der Waals surface area (Å²) in [5, 5.41) is 0. The summed E-state index contributed by atoms with van der Waals surface area (Å²) in [6.07, 6.45) is 8.58. The fraction of sp³-hybridized carbons (Fsp3) is 0.857. The van der Waals surface area contributed by atoms with E-state index in [9.17, 15) is 0 Å². The van der Waals surface area contributed by atoms with Crippen LogP contribution in [0.15, 0.2) is 11.1 Å². The molecule has 2 aliphatic carbocycles. The van der Waals surface area contributed by atoms with Gasteiger partial charge in [0.2, 0.25) is 0 Å². The minimum Gasteiger partial charge on any atom is -0.374 e. The predicted octanol–water partition coefficient (Wildman–Crippen LogP) is 3.69. The van der Waals surface area contributed by atoms with Crippen LogP contribution in [0.25, 0.3) is 0 Å². The molecule has 1 heteroatoms. The molecule has 2 fully saturated rings. The maximum Gasteiger partial charge on any atom is 0.0788 e. The lowest BCUT2D eigenvalue weighted by atomic mass is 9.61. The molecule has 0 aromatic rings. The van der Waals surface area contributed by atoms with Crippen molar-refractivity contribution in [1.82, 2.24) is 0 Å². The molecule has 2 atom stereocenters. The summed E-state index contributed by atoms with van der Waals surface area (Å²) in [7, 11) is 0. The molecule has 0 radical (unpaired) electrons. The number of ether oxygens (including phenoxy) is 1. The first-order valence-electron chi connectivity index (χ1n) is 6.52. The monoisotopic (exact) mass is 206 g/mol. The SMILES string of the molecule is CC1(C)CCCC2=C3CCOC3CCC21. The molecule has 0 aromatic carbocycles. The van der Waals surface area contributed by atoms with E-state index in [1.54, 1.807) is 11.1 Å². The summed E-state index contributed by atoms with van der Waals surface area (Å²) in [5.74, 6) is 0.874. The van der Waals surface area contributed by atoms with Crippen LogP contribution >= 0.6 is 0 Å². The van der Waals surface area contributed by atoms with Gasteiger partial charge in [0.25, 0.3) is 0 Å². The molecule has 0 amide bonds. The van der Waals surface area contributed by atoms with Gasteiger partial charge in [-0.05, 0) is 55.4 Å². The molecule has 1 aliphatic heterocycles. The first-order valence-corrected chi connectivity index (χ1v) is 6.52. The van der Waals surface area contributed by atoms with Crippen LogP contribution in [-0.2, 0) is 4.74 Å². The van der Waals surface area contributed by atoms with Crippen LogP contribution in [0.5, 0.6) is 0 Å². The zero-order chi connectivity index (χ0) is 10.5. The minimum atomic E-state index is 0.519.